The Morgan fingerprint density at radius 3 is 2.39 bits per heavy atom. The van der Waals surface area contributed by atoms with Crippen molar-refractivity contribution in [3.05, 3.63) is 53.6 Å². The third-order valence-electron chi connectivity index (χ3n) is 6.23. The molecule has 6 nitrogen and oxygen atoms in total. The van der Waals surface area contributed by atoms with Crippen molar-refractivity contribution >= 4 is 28.9 Å². The molecule has 33 heavy (non-hydrogen) atoms. The van der Waals surface area contributed by atoms with Gasteiger partial charge in [0.1, 0.15) is 5.75 Å². The molecule has 0 aromatic heterocycles. The maximum absolute atomic E-state index is 12.4. The number of halogens is 4. The number of likely N-dealkylation sites (tertiary alicyclic amines) is 1. The van der Waals surface area contributed by atoms with Crippen LogP contribution in [0.1, 0.15) is 12.8 Å². The Labute approximate surface area is 194 Å². The molecule has 1 atom stereocenters. The van der Waals surface area contributed by atoms with E-state index >= 15 is 0 Å². The van der Waals surface area contributed by atoms with Gasteiger partial charge >= 0.3 is 6.36 Å². The summed E-state index contributed by atoms with van der Waals surface area (Å²) >= 11 is 5.86. The van der Waals surface area contributed by atoms with Crippen LogP contribution in [0, 0.1) is 5.41 Å². The maximum Gasteiger partial charge on any atom is 0.573 e. The number of amides is 1. The van der Waals surface area contributed by atoms with E-state index in [0.29, 0.717) is 10.7 Å². The number of nitrogens with zero attached hydrogens (tertiary/aromatic N) is 2. The van der Waals surface area contributed by atoms with E-state index in [4.69, 9.17) is 11.6 Å². The second kappa shape index (κ2) is 9.40. The van der Waals surface area contributed by atoms with Crippen LogP contribution in [0.4, 0.5) is 24.5 Å². The number of hydrogen-bond donors (Lipinski definition) is 2. The molecular formula is C23H25ClF3N3O3. The summed E-state index contributed by atoms with van der Waals surface area (Å²) < 4.78 is 41.0. The van der Waals surface area contributed by atoms with Crippen LogP contribution >= 0.6 is 11.6 Å². The first-order valence-electron chi connectivity index (χ1n) is 10.7. The predicted molar refractivity (Wildman–Crippen MR) is 120 cm³/mol. The third-order valence-corrected chi connectivity index (χ3v) is 6.48. The lowest BCUT2D eigenvalue weighted by atomic mass is 9.78. The van der Waals surface area contributed by atoms with Gasteiger partial charge in [-0.3, -0.25) is 9.69 Å². The summed E-state index contributed by atoms with van der Waals surface area (Å²) in [5.74, 6) is -0.413. The minimum absolute atomic E-state index is 0.0568. The number of alkyl halides is 3. The van der Waals surface area contributed by atoms with Crippen LogP contribution in [0.25, 0.3) is 0 Å². The van der Waals surface area contributed by atoms with Crippen molar-refractivity contribution in [1.29, 1.82) is 0 Å². The van der Waals surface area contributed by atoms with Crippen LogP contribution in [-0.4, -0.2) is 61.1 Å². The number of carbonyl (C=O) groups is 1. The van der Waals surface area contributed by atoms with Crippen LogP contribution in [-0.2, 0) is 4.79 Å². The maximum atomic E-state index is 12.4. The summed E-state index contributed by atoms with van der Waals surface area (Å²) in [4.78, 5) is 16.7. The number of aliphatic hydroxyl groups is 1. The molecule has 10 heteroatoms. The van der Waals surface area contributed by atoms with Gasteiger partial charge in [-0.2, -0.15) is 0 Å². The van der Waals surface area contributed by atoms with E-state index in [0.717, 1.165) is 38.3 Å². The molecule has 2 N–H and O–H groups in total. The smallest absolute Gasteiger partial charge is 0.406 e. The Bertz CT molecular complexity index is 964. The number of benzene rings is 2. The fourth-order valence-corrected chi connectivity index (χ4v) is 4.74. The highest BCUT2D eigenvalue weighted by atomic mass is 35.5. The lowest BCUT2D eigenvalue weighted by molar-refractivity contribution is -0.274. The zero-order valence-corrected chi connectivity index (χ0v) is 18.6. The lowest BCUT2D eigenvalue weighted by Gasteiger charge is -2.51. The van der Waals surface area contributed by atoms with Crippen LogP contribution in [0.15, 0.2) is 48.5 Å². The second-order valence-corrected chi connectivity index (χ2v) is 9.15. The monoisotopic (exact) mass is 483 g/mol. The summed E-state index contributed by atoms with van der Waals surface area (Å²) in [5, 5.41) is 13.2. The summed E-state index contributed by atoms with van der Waals surface area (Å²) in [7, 11) is 0. The van der Waals surface area contributed by atoms with Crippen molar-refractivity contribution in [3.8, 4) is 5.75 Å². The largest absolute Gasteiger partial charge is 0.573 e. The molecular weight excluding hydrogens is 459 g/mol. The number of anilines is 2. The molecule has 1 amide bonds. The van der Waals surface area contributed by atoms with Gasteiger partial charge in [-0.1, -0.05) is 11.6 Å². The summed E-state index contributed by atoms with van der Waals surface area (Å²) in [6, 6.07) is 12.5. The van der Waals surface area contributed by atoms with E-state index in [-0.39, 0.29) is 36.1 Å². The molecule has 2 aromatic carbocycles. The van der Waals surface area contributed by atoms with E-state index in [1.165, 1.54) is 12.1 Å². The van der Waals surface area contributed by atoms with Crippen molar-refractivity contribution in [1.82, 2.24) is 4.90 Å². The first-order chi connectivity index (χ1) is 15.6. The highest BCUT2D eigenvalue weighted by Gasteiger charge is 2.49. The molecule has 2 fully saturated rings. The predicted octanol–water partition coefficient (Wildman–Crippen LogP) is 4.14. The van der Waals surface area contributed by atoms with Crippen molar-refractivity contribution in [2.45, 2.75) is 25.2 Å². The fraction of sp³-hybridized carbons (Fsp3) is 0.435. The number of carbonyl (C=O) groups excluding carboxylic acids is 1. The summed E-state index contributed by atoms with van der Waals surface area (Å²) in [5.41, 5.74) is 1.56. The SMILES string of the molecule is O=C(CC(CO)N1CC2(CCN(c3ccc(OC(F)(F)F)cc3)C2)C1)Nc1ccc(Cl)cc1. The van der Waals surface area contributed by atoms with Gasteiger partial charge in [-0.05, 0) is 55.0 Å². The average molecular weight is 484 g/mol. The molecule has 0 bridgehead atoms. The molecule has 2 heterocycles. The van der Waals surface area contributed by atoms with Crippen molar-refractivity contribution in [3.63, 3.8) is 0 Å². The van der Waals surface area contributed by atoms with Crippen molar-refractivity contribution < 1.29 is 27.8 Å². The molecule has 2 aliphatic rings. The summed E-state index contributed by atoms with van der Waals surface area (Å²) in [6.45, 7) is 2.98. The molecule has 0 saturated carbocycles. The standard InChI is InChI=1S/C23H25ClF3N3O3/c24-16-1-3-17(4-2-16)28-21(32)11-19(12-31)30-14-22(15-30)9-10-29(13-22)18-5-7-20(8-6-18)33-23(25,26)27/h1-8,19,31H,9-15H2,(H,28,32). The van der Waals surface area contributed by atoms with E-state index in [2.05, 4.69) is 19.9 Å². The normalized spacial score (nSPS) is 18.8. The Kier molecular flexibility index (Phi) is 6.74. The molecule has 2 saturated heterocycles. The van der Waals surface area contributed by atoms with Gasteiger partial charge < -0.3 is 20.1 Å². The zero-order valence-electron chi connectivity index (χ0n) is 17.8. The molecule has 0 radical (unpaired) electrons. The van der Waals surface area contributed by atoms with Gasteiger partial charge in [-0.25, -0.2) is 0 Å². The quantitative estimate of drug-likeness (QED) is 0.619. The lowest BCUT2D eigenvalue weighted by Crippen LogP contribution is -2.62. The number of nitrogens with one attached hydrogen (secondary N) is 1. The fourth-order valence-electron chi connectivity index (χ4n) is 4.61. The van der Waals surface area contributed by atoms with Gasteiger partial charge in [0.15, 0.2) is 0 Å². The molecule has 4 rings (SSSR count). The van der Waals surface area contributed by atoms with Gasteiger partial charge in [0.2, 0.25) is 5.91 Å². The van der Waals surface area contributed by atoms with Gasteiger partial charge in [0.05, 0.1) is 6.61 Å². The van der Waals surface area contributed by atoms with Crippen LogP contribution in [0.5, 0.6) is 5.75 Å². The minimum atomic E-state index is -4.70. The Balaban J connectivity index is 1.27. The second-order valence-electron chi connectivity index (χ2n) is 8.71. The van der Waals surface area contributed by atoms with Crippen molar-refractivity contribution in [2.75, 3.05) is 43.0 Å². The van der Waals surface area contributed by atoms with Gasteiger partial charge in [0, 0.05) is 60.5 Å². The van der Waals surface area contributed by atoms with Crippen LogP contribution in [0.3, 0.4) is 0 Å². The number of rotatable bonds is 7. The Hall–Kier alpha value is -2.49. The molecule has 178 valence electrons. The van der Waals surface area contributed by atoms with E-state index in [1.807, 2.05) is 0 Å². The van der Waals surface area contributed by atoms with E-state index in [9.17, 15) is 23.1 Å². The van der Waals surface area contributed by atoms with E-state index in [1.54, 1.807) is 36.4 Å². The number of ether oxygens (including phenoxy) is 1. The van der Waals surface area contributed by atoms with Gasteiger partial charge in [0.25, 0.3) is 0 Å². The number of aliphatic hydroxyl groups excluding tert-OH is 1. The Morgan fingerprint density at radius 2 is 1.79 bits per heavy atom. The highest BCUT2D eigenvalue weighted by molar-refractivity contribution is 6.30. The Morgan fingerprint density at radius 1 is 1.12 bits per heavy atom. The topological polar surface area (TPSA) is 65.0 Å². The minimum Gasteiger partial charge on any atom is -0.406 e. The third kappa shape index (κ3) is 5.90. The molecule has 1 spiro atoms. The zero-order chi connectivity index (χ0) is 23.6. The van der Waals surface area contributed by atoms with E-state index < -0.39 is 6.36 Å². The first kappa shape index (κ1) is 23.7. The molecule has 2 aliphatic heterocycles. The average Bonchev–Trinajstić information content (AvgIpc) is 3.18. The molecule has 0 aliphatic carbocycles. The molecule has 1 unspecified atom stereocenters. The molecule has 2 aromatic rings. The van der Waals surface area contributed by atoms with Crippen LogP contribution < -0.4 is 15.0 Å². The van der Waals surface area contributed by atoms with Gasteiger partial charge in [-0.15, -0.1) is 13.2 Å². The first-order valence-corrected chi connectivity index (χ1v) is 11.0. The van der Waals surface area contributed by atoms with Crippen LogP contribution in [0.2, 0.25) is 5.02 Å². The number of hydrogen-bond acceptors (Lipinski definition) is 5. The highest BCUT2D eigenvalue weighted by Crippen LogP contribution is 2.42. The summed E-state index contributed by atoms with van der Waals surface area (Å²) in [6.07, 6.45) is -3.58. The van der Waals surface area contributed by atoms with Crippen molar-refractivity contribution in [2.24, 2.45) is 5.41 Å².